The molecule has 3 aliphatic rings. The number of allylic oxidation sites excluding steroid dienone is 3. The van der Waals surface area contributed by atoms with E-state index in [9.17, 15) is 9.90 Å². The van der Waals surface area contributed by atoms with Crippen molar-refractivity contribution in [2.24, 2.45) is 5.92 Å². The molecule has 2 amide bonds. The van der Waals surface area contributed by atoms with Gasteiger partial charge in [-0.1, -0.05) is 78.8 Å². The summed E-state index contributed by atoms with van der Waals surface area (Å²) in [6.45, 7) is 13.6. The zero-order valence-corrected chi connectivity index (χ0v) is 31.7. The molecule has 4 atom stereocenters. The summed E-state index contributed by atoms with van der Waals surface area (Å²) in [6, 6.07) is 22.4. The fourth-order valence-electron chi connectivity index (χ4n) is 8.67. The van der Waals surface area contributed by atoms with Gasteiger partial charge in [-0.15, -0.1) is 0 Å². The zero-order valence-electron chi connectivity index (χ0n) is 30.7. The van der Waals surface area contributed by atoms with E-state index in [1.807, 2.05) is 58.3 Å². The van der Waals surface area contributed by atoms with E-state index >= 15 is 4.79 Å². The van der Waals surface area contributed by atoms with Crippen molar-refractivity contribution in [2.75, 3.05) is 30.1 Å². The first kappa shape index (κ1) is 35.8. The Balaban J connectivity index is 1.47. The molecule has 3 aromatic carbocycles. The highest BCUT2D eigenvalue weighted by atomic mass is 28.3. The molecule has 1 saturated heterocycles. The molecular weight excluding hydrogens is 641 g/mol. The van der Waals surface area contributed by atoms with Crippen LogP contribution in [0, 0.1) is 5.92 Å². The number of aliphatic hydroxyl groups excluding tert-OH is 1. The van der Waals surface area contributed by atoms with E-state index < -0.39 is 13.7 Å². The molecule has 264 valence electrons. The third-order valence-electron chi connectivity index (χ3n) is 11.3. The molecule has 0 unspecified atom stereocenters. The first-order valence-corrected chi connectivity index (χ1v) is 21.1. The summed E-state index contributed by atoms with van der Waals surface area (Å²) in [6.07, 6.45) is 7.55. The number of methoxy groups -OCH3 is 1. The highest BCUT2D eigenvalue weighted by molar-refractivity contribution is 6.91. The number of amides is 2. The summed E-state index contributed by atoms with van der Waals surface area (Å²) in [5, 5.41) is 11.6. The topological polar surface area (TPSA) is 79.3 Å². The van der Waals surface area contributed by atoms with E-state index in [0.29, 0.717) is 25.8 Å². The summed E-state index contributed by atoms with van der Waals surface area (Å²) < 4.78 is 12.6. The lowest BCUT2D eigenvalue weighted by atomic mass is 9.82. The van der Waals surface area contributed by atoms with Gasteiger partial charge >= 0.3 is 0 Å². The van der Waals surface area contributed by atoms with Gasteiger partial charge in [0.25, 0.3) is 5.91 Å². The maximum atomic E-state index is 15.1. The molecule has 0 bridgehead atoms. The standard InChI is InChI=1S/C42H52N2O5Si/c1-28(2)11-10-12-29(3)23-25-43-37-21-16-32(44-36-14-9-8-13-31(36)15-22-39(44)46)27-35(37)42(41(43)47)30(4)40(38(49-42)24-26-45)50(6,7)34-19-17-33(48-5)18-20-34/h8-9,11,13-14,16-21,23,27,30,38,40,45H,10,12,15,22,24-26H2,1-7H3/b29-23+/t30-,38+,40-,42+/m0/s1. The molecule has 3 aliphatic heterocycles. The number of fused-ring (bicyclic) bond motifs is 3. The number of hydrogen-bond donors (Lipinski definition) is 1. The number of anilines is 3. The molecule has 3 aromatic rings. The van der Waals surface area contributed by atoms with Gasteiger partial charge in [-0.25, -0.2) is 0 Å². The van der Waals surface area contributed by atoms with E-state index in [1.54, 1.807) is 7.11 Å². The first-order valence-electron chi connectivity index (χ1n) is 18.0. The summed E-state index contributed by atoms with van der Waals surface area (Å²) in [5.74, 6) is 0.583. The van der Waals surface area contributed by atoms with Gasteiger partial charge in [0, 0.05) is 36.7 Å². The average Bonchev–Trinajstić information content (AvgIpc) is 3.53. The molecule has 50 heavy (non-hydrogen) atoms. The fourth-order valence-corrected chi connectivity index (χ4v) is 12.7. The second kappa shape index (κ2) is 14.3. The quantitative estimate of drug-likeness (QED) is 0.163. The minimum atomic E-state index is -2.32. The predicted molar refractivity (Wildman–Crippen MR) is 204 cm³/mol. The summed E-state index contributed by atoms with van der Waals surface area (Å²) in [7, 11) is -0.650. The third-order valence-corrected chi connectivity index (χ3v) is 15.7. The van der Waals surface area contributed by atoms with Gasteiger partial charge in [0.1, 0.15) is 5.75 Å². The minimum Gasteiger partial charge on any atom is -0.497 e. The highest BCUT2D eigenvalue weighted by Gasteiger charge is 2.66. The van der Waals surface area contributed by atoms with Gasteiger partial charge in [0.05, 0.1) is 32.7 Å². The van der Waals surface area contributed by atoms with E-state index in [0.717, 1.165) is 46.8 Å². The van der Waals surface area contributed by atoms with Crippen molar-refractivity contribution in [3.63, 3.8) is 0 Å². The van der Waals surface area contributed by atoms with Crippen molar-refractivity contribution in [1.29, 1.82) is 0 Å². The van der Waals surface area contributed by atoms with Gasteiger partial charge < -0.3 is 19.5 Å². The first-order chi connectivity index (χ1) is 23.9. The molecule has 1 N–H and O–H groups in total. The number of rotatable bonds is 11. The number of benzene rings is 3. The lowest BCUT2D eigenvalue weighted by molar-refractivity contribution is -0.146. The van der Waals surface area contributed by atoms with Crippen molar-refractivity contribution in [2.45, 2.75) is 90.1 Å². The molecule has 3 heterocycles. The number of carbonyl (C=O) groups excluding carboxylic acids is 2. The Morgan fingerprint density at radius 3 is 2.44 bits per heavy atom. The normalized spacial score (nSPS) is 23.4. The van der Waals surface area contributed by atoms with Crippen LogP contribution in [0.15, 0.2) is 90.0 Å². The SMILES string of the molecule is COc1ccc([Si](C)(C)[C@@H]2[C@@H](CCO)O[C@]3(C(=O)N(C/C=C(\C)CCC=C(C)C)c4ccc(N5C(=O)CCc6ccccc65)cc43)[C@H]2C)cc1. The molecular formula is C42H52N2O5Si. The second-order valence-electron chi connectivity index (χ2n) is 15.0. The molecule has 0 saturated carbocycles. The third kappa shape index (κ3) is 6.27. The number of ether oxygens (including phenoxy) is 2. The molecule has 0 aromatic heterocycles. The maximum Gasteiger partial charge on any atom is 0.264 e. The average molecular weight is 693 g/mol. The predicted octanol–water partition coefficient (Wildman–Crippen LogP) is 7.94. The summed E-state index contributed by atoms with van der Waals surface area (Å²) in [4.78, 5) is 32.4. The Hall–Kier alpha value is -3.98. The van der Waals surface area contributed by atoms with Gasteiger partial charge in [-0.2, -0.15) is 0 Å². The number of aryl methyl sites for hydroxylation is 1. The second-order valence-corrected chi connectivity index (χ2v) is 19.7. The zero-order chi connectivity index (χ0) is 35.8. The van der Waals surface area contributed by atoms with Crippen molar-refractivity contribution in [3.8, 4) is 5.75 Å². The van der Waals surface area contributed by atoms with Crippen molar-refractivity contribution < 1.29 is 24.2 Å². The molecule has 7 nitrogen and oxygen atoms in total. The summed E-state index contributed by atoms with van der Waals surface area (Å²) in [5.41, 5.74) is 5.70. The number of nitrogens with zero attached hydrogens (tertiary/aromatic N) is 2. The Morgan fingerprint density at radius 1 is 1.00 bits per heavy atom. The van der Waals surface area contributed by atoms with Crippen LogP contribution in [0.1, 0.15) is 64.5 Å². The molecule has 1 spiro atoms. The largest absolute Gasteiger partial charge is 0.497 e. The van der Waals surface area contributed by atoms with Crippen LogP contribution in [0.4, 0.5) is 17.1 Å². The Morgan fingerprint density at radius 2 is 1.74 bits per heavy atom. The van der Waals surface area contributed by atoms with E-state index in [-0.39, 0.29) is 36.0 Å². The van der Waals surface area contributed by atoms with Crippen LogP contribution < -0.4 is 19.7 Å². The van der Waals surface area contributed by atoms with Crippen LogP contribution in [0.3, 0.4) is 0 Å². The van der Waals surface area contributed by atoms with E-state index in [2.05, 4.69) is 71.1 Å². The van der Waals surface area contributed by atoms with Crippen molar-refractivity contribution >= 4 is 42.1 Å². The number of hydrogen-bond acceptors (Lipinski definition) is 5. The Kier molecular flexibility index (Phi) is 10.3. The van der Waals surface area contributed by atoms with Crippen LogP contribution in [0.25, 0.3) is 0 Å². The van der Waals surface area contributed by atoms with Crippen LogP contribution >= 0.6 is 0 Å². The Bertz CT molecular complexity index is 1810. The summed E-state index contributed by atoms with van der Waals surface area (Å²) >= 11 is 0. The van der Waals surface area contributed by atoms with Crippen LogP contribution in [-0.4, -0.2) is 51.4 Å². The van der Waals surface area contributed by atoms with E-state index in [4.69, 9.17) is 9.47 Å². The molecule has 8 heteroatoms. The van der Waals surface area contributed by atoms with Gasteiger partial charge in [0.15, 0.2) is 5.60 Å². The van der Waals surface area contributed by atoms with Crippen LogP contribution in [-0.2, 0) is 26.3 Å². The number of carbonyl (C=O) groups is 2. The molecule has 1 fully saturated rings. The highest BCUT2D eigenvalue weighted by Crippen LogP contribution is 2.60. The van der Waals surface area contributed by atoms with Crippen LogP contribution in [0.2, 0.25) is 18.6 Å². The van der Waals surface area contributed by atoms with Crippen molar-refractivity contribution in [1.82, 2.24) is 0 Å². The number of aliphatic hydroxyl groups is 1. The molecule has 0 radical (unpaired) electrons. The van der Waals surface area contributed by atoms with E-state index in [1.165, 1.54) is 16.3 Å². The van der Waals surface area contributed by atoms with Crippen molar-refractivity contribution in [3.05, 3.63) is 101 Å². The monoisotopic (exact) mass is 692 g/mol. The molecule has 0 aliphatic carbocycles. The van der Waals surface area contributed by atoms with Gasteiger partial charge in [-0.3, -0.25) is 14.5 Å². The lowest BCUT2D eigenvalue weighted by Crippen LogP contribution is -2.52. The number of para-hydroxylation sites is 1. The smallest absolute Gasteiger partial charge is 0.264 e. The molecule has 6 rings (SSSR count). The fraction of sp³-hybridized carbons (Fsp3) is 0.429. The van der Waals surface area contributed by atoms with Crippen LogP contribution in [0.5, 0.6) is 5.75 Å². The minimum absolute atomic E-state index is 0.0298. The van der Waals surface area contributed by atoms with Gasteiger partial charge in [0.2, 0.25) is 5.91 Å². The Labute approximate surface area is 298 Å². The lowest BCUT2D eigenvalue weighted by Gasteiger charge is -2.37. The maximum absolute atomic E-state index is 15.1. The van der Waals surface area contributed by atoms with Gasteiger partial charge in [-0.05, 0) is 94.0 Å².